The predicted octanol–water partition coefficient (Wildman–Crippen LogP) is 4.30. The predicted molar refractivity (Wildman–Crippen MR) is 106 cm³/mol. The summed E-state index contributed by atoms with van der Waals surface area (Å²) in [5, 5.41) is 5.99. The van der Waals surface area contributed by atoms with Gasteiger partial charge in [-0.1, -0.05) is 0 Å². The van der Waals surface area contributed by atoms with E-state index in [-0.39, 0.29) is 23.3 Å². The van der Waals surface area contributed by atoms with E-state index in [0.717, 1.165) is 18.4 Å². The monoisotopic (exact) mass is 432 g/mol. The smallest absolute Gasteiger partial charge is 0.406 e. The fraction of sp³-hybridized carbons (Fsp3) is 0.286. The first-order valence-corrected chi connectivity index (χ1v) is 9.64. The Labute approximate surface area is 175 Å². The lowest BCUT2D eigenvalue weighted by Crippen LogP contribution is -2.27. The lowest BCUT2D eigenvalue weighted by molar-refractivity contribution is -0.274. The van der Waals surface area contributed by atoms with Gasteiger partial charge < -0.3 is 20.4 Å². The Balaban J connectivity index is 1.45. The van der Waals surface area contributed by atoms with Crippen molar-refractivity contribution in [1.29, 1.82) is 0 Å². The van der Waals surface area contributed by atoms with E-state index < -0.39 is 18.3 Å². The van der Waals surface area contributed by atoms with E-state index in [1.807, 2.05) is 0 Å². The molecule has 1 fully saturated rings. The molecular weight excluding hydrogens is 413 g/mol. The average Bonchev–Trinajstić information content (AvgIpc) is 3.46. The van der Waals surface area contributed by atoms with Crippen molar-refractivity contribution in [2.24, 2.45) is 5.92 Å². The third kappa shape index (κ3) is 5.14. The number of anilines is 1. The third-order valence-electron chi connectivity index (χ3n) is 4.90. The zero-order valence-corrected chi connectivity index (χ0v) is 16.4. The molecule has 1 unspecified atom stereocenters. The number of aromatic amines is 1. The van der Waals surface area contributed by atoms with Gasteiger partial charge in [0.15, 0.2) is 0 Å². The van der Waals surface area contributed by atoms with E-state index in [1.54, 1.807) is 25.3 Å². The first-order chi connectivity index (χ1) is 14.7. The number of ether oxygens (including phenoxy) is 1. The highest BCUT2D eigenvalue weighted by Crippen LogP contribution is 2.30. The fourth-order valence-corrected chi connectivity index (χ4v) is 3.15. The molecule has 0 spiro atoms. The van der Waals surface area contributed by atoms with Gasteiger partial charge in [0.05, 0.1) is 6.04 Å². The molecule has 2 heterocycles. The number of benzene rings is 1. The molecule has 3 N–H and O–H groups in total. The molecule has 1 atom stereocenters. The molecule has 2 aromatic heterocycles. The topological polar surface area (TPSA) is 96.1 Å². The van der Waals surface area contributed by atoms with E-state index in [1.165, 1.54) is 24.3 Å². The van der Waals surface area contributed by atoms with Crippen LogP contribution in [0.2, 0.25) is 0 Å². The highest BCUT2D eigenvalue weighted by atomic mass is 19.4. The number of hydrogen-bond donors (Lipinski definition) is 3. The minimum atomic E-state index is -4.79. The Hall–Kier alpha value is -3.56. The molecule has 0 aliphatic heterocycles. The fourth-order valence-electron chi connectivity index (χ4n) is 3.15. The van der Waals surface area contributed by atoms with Crippen LogP contribution in [0.3, 0.4) is 0 Å². The van der Waals surface area contributed by atoms with Crippen molar-refractivity contribution in [2.45, 2.75) is 32.2 Å². The zero-order valence-electron chi connectivity index (χ0n) is 16.4. The van der Waals surface area contributed by atoms with Gasteiger partial charge in [0.25, 0.3) is 5.91 Å². The van der Waals surface area contributed by atoms with Crippen molar-refractivity contribution in [3.8, 4) is 5.75 Å². The number of alkyl halides is 3. The maximum atomic E-state index is 12.6. The molecule has 1 saturated carbocycles. The molecular formula is C21H19F3N4O3. The number of carbonyl (C=O) groups excluding carboxylic acids is 2. The number of fused-ring (bicyclic) bond motifs is 1. The van der Waals surface area contributed by atoms with E-state index in [2.05, 4.69) is 25.3 Å². The van der Waals surface area contributed by atoms with Gasteiger partial charge in [-0.2, -0.15) is 0 Å². The van der Waals surface area contributed by atoms with Gasteiger partial charge in [0.2, 0.25) is 5.91 Å². The van der Waals surface area contributed by atoms with Crippen LogP contribution in [0, 0.1) is 5.92 Å². The standard InChI is InChI=1S/C21H19F3N4O3/c1-11(13-6-7-25-18(10-13)28-19(29)12-2-3-12)26-20(30)17-9-14-8-15(31-21(22,23)24)4-5-16(14)27-17/h4-12,27H,2-3H2,1H3,(H,26,30)(H,25,28,29). The molecule has 0 saturated heterocycles. The summed E-state index contributed by atoms with van der Waals surface area (Å²) in [5.74, 6) is -0.391. The Morgan fingerprint density at radius 3 is 2.68 bits per heavy atom. The first kappa shape index (κ1) is 20.7. The number of aromatic nitrogens is 2. The Morgan fingerprint density at radius 1 is 1.19 bits per heavy atom. The maximum Gasteiger partial charge on any atom is 0.573 e. The van der Waals surface area contributed by atoms with Gasteiger partial charge in [0, 0.05) is 23.0 Å². The summed E-state index contributed by atoms with van der Waals surface area (Å²) in [6.45, 7) is 1.78. The van der Waals surface area contributed by atoms with Crippen LogP contribution in [-0.4, -0.2) is 28.1 Å². The molecule has 3 aromatic rings. The average molecular weight is 432 g/mol. The summed E-state index contributed by atoms with van der Waals surface area (Å²) >= 11 is 0. The second-order valence-corrected chi connectivity index (χ2v) is 7.41. The summed E-state index contributed by atoms with van der Waals surface area (Å²) in [6, 6.07) is 8.26. The lowest BCUT2D eigenvalue weighted by Gasteiger charge is -2.14. The Bertz CT molecular complexity index is 1140. The Kier molecular flexibility index (Phi) is 5.30. The number of halogens is 3. The van der Waals surface area contributed by atoms with Gasteiger partial charge >= 0.3 is 6.36 Å². The van der Waals surface area contributed by atoms with E-state index in [4.69, 9.17) is 0 Å². The van der Waals surface area contributed by atoms with Crippen LogP contribution in [0.25, 0.3) is 10.9 Å². The van der Waals surface area contributed by atoms with Crippen molar-refractivity contribution in [3.63, 3.8) is 0 Å². The number of H-pyrrole nitrogens is 1. The van der Waals surface area contributed by atoms with Crippen LogP contribution in [0.5, 0.6) is 5.75 Å². The summed E-state index contributed by atoms with van der Waals surface area (Å²) in [5.41, 5.74) is 1.44. The second-order valence-electron chi connectivity index (χ2n) is 7.41. The quantitative estimate of drug-likeness (QED) is 0.541. The highest BCUT2D eigenvalue weighted by Gasteiger charge is 2.31. The molecule has 0 bridgehead atoms. The minimum absolute atomic E-state index is 0.0478. The largest absolute Gasteiger partial charge is 0.573 e. The summed E-state index contributed by atoms with van der Waals surface area (Å²) in [6.07, 6.45) is -1.48. The van der Waals surface area contributed by atoms with Crippen molar-refractivity contribution < 1.29 is 27.5 Å². The zero-order chi connectivity index (χ0) is 22.2. The molecule has 1 aliphatic rings. The van der Waals surface area contributed by atoms with E-state index in [9.17, 15) is 22.8 Å². The second kappa shape index (κ2) is 7.93. The number of pyridine rings is 1. The van der Waals surface area contributed by atoms with Crippen LogP contribution < -0.4 is 15.4 Å². The van der Waals surface area contributed by atoms with Crippen LogP contribution in [0.1, 0.15) is 41.9 Å². The molecule has 1 aromatic carbocycles. The van der Waals surface area contributed by atoms with Crippen molar-refractivity contribution in [2.75, 3.05) is 5.32 Å². The molecule has 7 nitrogen and oxygen atoms in total. The molecule has 4 rings (SSSR count). The molecule has 0 radical (unpaired) electrons. The molecule has 2 amide bonds. The number of amides is 2. The van der Waals surface area contributed by atoms with Gasteiger partial charge in [-0.15, -0.1) is 13.2 Å². The number of carbonyl (C=O) groups is 2. The summed E-state index contributed by atoms with van der Waals surface area (Å²) < 4.78 is 41.1. The number of hydrogen-bond acceptors (Lipinski definition) is 4. The van der Waals surface area contributed by atoms with Crippen LogP contribution in [0.15, 0.2) is 42.6 Å². The van der Waals surface area contributed by atoms with Crippen LogP contribution in [-0.2, 0) is 4.79 Å². The number of nitrogens with zero attached hydrogens (tertiary/aromatic N) is 1. The van der Waals surface area contributed by atoms with Crippen molar-refractivity contribution in [1.82, 2.24) is 15.3 Å². The number of rotatable bonds is 6. The Morgan fingerprint density at radius 2 is 1.97 bits per heavy atom. The summed E-state index contributed by atoms with van der Waals surface area (Å²) in [7, 11) is 0. The SMILES string of the molecule is CC(NC(=O)c1cc2cc(OC(F)(F)F)ccc2[nH]1)c1ccnc(NC(=O)C2CC2)c1. The minimum Gasteiger partial charge on any atom is -0.406 e. The van der Waals surface area contributed by atoms with Gasteiger partial charge in [-0.05, 0) is 61.7 Å². The van der Waals surface area contributed by atoms with E-state index in [0.29, 0.717) is 16.7 Å². The normalized spacial score (nSPS) is 14.8. The van der Waals surface area contributed by atoms with Crippen LogP contribution >= 0.6 is 0 Å². The summed E-state index contributed by atoms with van der Waals surface area (Å²) in [4.78, 5) is 31.6. The van der Waals surface area contributed by atoms with Crippen molar-refractivity contribution in [3.05, 3.63) is 53.9 Å². The molecule has 10 heteroatoms. The van der Waals surface area contributed by atoms with E-state index >= 15 is 0 Å². The molecule has 1 aliphatic carbocycles. The van der Waals surface area contributed by atoms with Gasteiger partial charge in [-0.25, -0.2) is 4.98 Å². The van der Waals surface area contributed by atoms with Gasteiger partial charge in [0.1, 0.15) is 17.3 Å². The first-order valence-electron chi connectivity index (χ1n) is 9.64. The molecule has 162 valence electrons. The van der Waals surface area contributed by atoms with Crippen LogP contribution in [0.4, 0.5) is 19.0 Å². The highest BCUT2D eigenvalue weighted by molar-refractivity contribution is 5.98. The third-order valence-corrected chi connectivity index (χ3v) is 4.90. The lowest BCUT2D eigenvalue weighted by atomic mass is 10.1. The van der Waals surface area contributed by atoms with Crippen molar-refractivity contribution >= 4 is 28.5 Å². The maximum absolute atomic E-state index is 12.6. The molecule has 31 heavy (non-hydrogen) atoms. The van der Waals surface area contributed by atoms with Gasteiger partial charge in [-0.3, -0.25) is 9.59 Å². The number of nitrogens with one attached hydrogen (secondary N) is 3.